The van der Waals surface area contributed by atoms with Crippen molar-refractivity contribution in [3.8, 4) is 5.75 Å². The number of aryl methyl sites for hydroxylation is 1. The van der Waals surface area contributed by atoms with E-state index in [0.717, 1.165) is 66.3 Å². The fraction of sp³-hybridized carbons (Fsp3) is 0.708. The fourth-order valence-corrected chi connectivity index (χ4v) is 9.16. The third-order valence-electron chi connectivity index (χ3n) is 9.83. The van der Waals surface area contributed by atoms with Gasteiger partial charge in [-0.2, -0.15) is 0 Å². The van der Waals surface area contributed by atoms with Gasteiger partial charge in [0, 0.05) is 6.54 Å². The quantitative estimate of drug-likeness (QED) is 0.735. The van der Waals surface area contributed by atoms with Crippen LogP contribution in [-0.2, 0) is 6.42 Å². The molecule has 29 heavy (non-hydrogen) atoms. The van der Waals surface area contributed by atoms with Gasteiger partial charge in [-0.25, -0.2) is 4.79 Å². The molecular weight excluding hydrogens is 364 g/mol. The molecule has 1 aliphatic heterocycles. The number of aliphatic hydroxyl groups is 1. The van der Waals surface area contributed by atoms with Crippen molar-refractivity contribution in [1.29, 1.82) is 0 Å². The summed E-state index contributed by atoms with van der Waals surface area (Å²) in [6, 6.07) is 5.97. The SMILES string of the molecule is CC(NC(=O)NCC1(O)C2C3CC4C5C3CC2C5C41)c1ccc2c(c1)CCCO2. The average Bonchev–Trinajstić information content (AvgIpc) is 3.25. The number of urea groups is 1. The van der Waals surface area contributed by atoms with Crippen LogP contribution in [0.3, 0.4) is 0 Å². The Bertz CT molecular complexity index is 896. The molecule has 0 radical (unpaired) electrons. The first-order valence-corrected chi connectivity index (χ1v) is 11.6. The van der Waals surface area contributed by atoms with Crippen LogP contribution in [0.1, 0.15) is 43.4 Å². The summed E-state index contributed by atoms with van der Waals surface area (Å²) in [5, 5.41) is 17.8. The van der Waals surface area contributed by atoms with E-state index in [1.165, 1.54) is 18.4 Å². The lowest BCUT2D eigenvalue weighted by Crippen LogP contribution is -2.59. The molecule has 10 unspecified atom stereocenters. The molecule has 2 amide bonds. The van der Waals surface area contributed by atoms with Gasteiger partial charge < -0.3 is 20.5 Å². The van der Waals surface area contributed by atoms with Crippen molar-refractivity contribution in [2.75, 3.05) is 13.2 Å². The number of hydrogen-bond acceptors (Lipinski definition) is 3. The first kappa shape index (κ1) is 17.0. The third kappa shape index (κ3) is 1.98. The Morgan fingerprint density at radius 3 is 2.93 bits per heavy atom. The van der Waals surface area contributed by atoms with E-state index in [4.69, 9.17) is 4.74 Å². The minimum atomic E-state index is -0.658. The summed E-state index contributed by atoms with van der Waals surface area (Å²) in [6.07, 6.45) is 4.78. The molecule has 1 aromatic rings. The zero-order chi connectivity index (χ0) is 19.5. The average molecular weight is 395 g/mol. The van der Waals surface area contributed by atoms with Gasteiger partial charge in [-0.3, -0.25) is 0 Å². The maximum atomic E-state index is 12.7. The summed E-state index contributed by atoms with van der Waals surface area (Å²) in [5.41, 5.74) is 1.67. The second kappa shape index (κ2) is 5.48. The summed E-state index contributed by atoms with van der Waals surface area (Å²) < 4.78 is 5.69. The van der Waals surface area contributed by atoms with Gasteiger partial charge in [0.25, 0.3) is 0 Å². The first-order chi connectivity index (χ1) is 14.1. The second-order valence-electron chi connectivity index (χ2n) is 10.7. The number of hydrogen-bond donors (Lipinski definition) is 3. The number of nitrogens with one attached hydrogen (secondary N) is 2. The molecule has 0 saturated heterocycles. The topological polar surface area (TPSA) is 70.6 Å². The van der Waals surface area contributed by atoms with Crippen molar-refractivity contribution < 1.29 is 14.6 Å². The monoisotopic (exact) mass is 394 g/mol. The Kier molecular flexibility index (Phi) is 3.21. The molecule has 0 spiro atoms. The minimum absolute atomic E-state index is 0.0750. The Morgan fingerprint density at radius 1 is 1.21 bits per heavy atom. The molecule has 0 aromatic heterocycles. The standard InChI is InChI=1S/C24H30N2O3/c1-11(12-4-5-18-13(7-12)3-2-6-29-18)26-23(27)25-10-24(28)21-15-9-16-19-14(15)8-17(21)20(19)22(16)24/h4-5,7,11,14-17,19-22,28H,2-3,6,8-10H2,1H3,(H2,25,26,27). The van der Waals surface area contributed by atoms with Crippen molar-refractivity contribution >= 4 is 6.03 Å². The predicted octanol–water partition coefficient (Wildman–Crippen LogP) is 2.88. The van der Waals surface area contributed by atoms with Gasteiger partial charge in [0.1, 0.15) is 5.75 Å². The molecule has 5 aliphatic carbocycles. The fourth-order valence-electron chi connectivity index (χ4n) is 9.16. The van der Waals surface area contributed by atoms with Gasteiger partial charge in [0.05, 0.1) is 18.2 Å². The molecule has 5 heteroatoms. The van der Waals surface area contributed by atoms with Crippen molar-refractivity contribution in [2.45, 2.75) is 44.2 Å². The molecule has 154 valence electrons. The molecule has 2 bridgehead atoms. The zero-order valence-electron chi connectivity index (χ0n) is 16.9. The number of carbonyl (C=O) groups is 1. The van der Waals surface area contributed by atoms with Gasteiger partial charge in [0.15, 0.2) is 0 Å². The van der Waals surface area contributed by atoms with Crippen molar-refractivity contribution in [3.05, 3.63) is 29.3 Å². The molecular formula is C24H30N2O3. The highest BCUT2D eigenvalue weighted by Gasteiger charge is 2.84. The van der Waals surface area contributed by atoms with Gasteiger partial charge in [-0.15, -0.1) is 0 Å². The number of amides is 2. The summed E-state index contributed by atoms with van der Waals surface area (Å²) in [4.78, 5) is 12.7. The smallest absolute Gasteiger partial charge is 0.315 e. The Hall–Kier alpha value is -1.75. The van der Waals surface area contributed by atoms with Crippen LogP contribution in [-0.4, -0.2) is 29.9 Å². The number of ether oxygens (including phenoxy) is 1. The molecule has 5 fully saturated rings. The lowest BCUT2D eigenvalue weighted by molar-refractivity contribution is -0.126. The van der Waals surface area contributed by atoms with Crippen molar-refractivity contribution in [3.63, 3.8) is 0 Å². The third-order valence-corrected chi connectivity index (χ3v) is 9.83. The van der Waals surface area contributed by atoms with E-state index in [9.17, 15) is 9.90 Å². The van der Waals surface area contributed by atoms with Gasteiger partial charge >= 0.3 is 6.03 Å². The highest BCUT2D eigenvalue weighted by Crippen LogP contribution is 2.85. The number of fused-ring (bicyclic) bond motifs is 3. The van der Waals surface area contributed by atoms with E-state index in [1.54, 1.807) is 0 Å². The van der Waals surface area contributed by atoms with Crippen LogP contribution < -0.4 is 15.4 Å². The van der Waals surface area contributed by atoms with Gasteiger partial charge in [0.2, 0.25) is 0 Å². The second-order valence-corrected chi connectivity index (χ2v) is 10.7. The van der Waals surface area contributed by atoms with Gasteiger partial charge in [-0.05, 0) is 97.1 Å². The molecule has 10 atom stereocenters. The normalized spacial score (nSPS) is 47.5. The van der Waals surface area contributed by atoms with E-state index < -0.39 is 5.60 Å². The largest absolute Gasteiger partial charge is 0.493 e. The van der Waals surface area contributed by atoms with E-state index in [-0.39, 0.29) is 12.1 Å². The van der Waals surface area contributed by atoms with E-state index >= 15 is 0 Å². The molecule has 5 nitrogen and oxygen atoms in total. The van der Waals surface area contributed by atoms with Crippen molar-refractivity contribution in [1.82, 2.24) is 10.6 Å². The summed E-state index contributed by atoms with van der Waals surface area (Å²) >= 11 is 0. The van der Waals surface area contributed by atoms with E-state index in [1.807, 2.05) is 19.1 Å². The van der Waals surface area contributed by atoms with Gasteiger partial charge in [-0.1, -0.05) is 12.1 Å². The molecule has 7 rings (SSSR count). The summed E-state index contributed by atoms with van der Waals surface area (Å²) in [5.74, 6) is 6.66. The molecule has 6 aliphatic rings. The minimum Gasteiger partial charge on any atom is -0.493 e. The lowest BCUT2D eigenvalue weighted by Gasteiger charge is -2.51. The Balaban J connectivity index is 1.02. The number of carbonyl (C=O) groups excluding carboxylic acids is 1. The Morgan fingerprint density at radius 2 is 2.03 bits per heavy atom. The molecule has 1 heterocycles. The maximum absolute atomic E-state index is 12.7. The van der Waals surface area contributed by atoms with Crippen LogP contribution in [0.25, 0.3) is 0 Å². The lowest BCUT2D eigenvalue weighted by atomic mass is 9.56. The van der Waals surface area contributed by atoms with Crippen LogP contribution in [0.5, 0.6) is 5.75 Å². The van der Waals surface area contributed by atoms with Crippen LogP contribution in [0.4, 0.5) is 4.79 Å². The molecule has 5 saturated carbocycles. The molecule has 3 N–H and O–H groups in total. The van der Waals surface area contributed by atoms with Crippen LogP contribution >= 0.6 is 0 Å². The summed E-state index contributed by atoms with van der Waals surface area (Å²) in [6.45, 7) is 3.22. The number of rotatable bonds is 4. The van der Waals surface area contributed by atoms with E-state index in [2.05, 4.69) is 16.7 Å². The summed E-state index contributed by atoms with van der Waals surface area (Å²) in [7, 11) is 0. The Labute approximate surface area is 171 Å². The predicted molar refractivity (Wildman–Crippen MR) is 107 cm³/mol. The van der Waals surface area contributed by atoms with Crippen molar-refractivity contribution in [2.24, 2.45) is 47.3 Å². The van der Waals surface area contributed by atoms with Crippen LogP contribution in [0.2, 0.25) is 0 Å². The highest BCUT2D eigenvalue weighted by atomic mass is 16.5. The highest BCUT2D eigenvalue weighted by molar-refractivity contribution is 5.74. The van der Waals surface area contributed by atoms with Crippen LogP contribution in [0.15, 0.2) is 18.2 Å². The first-order valence-electron chi connectivity index (χ1n) is 11.6. The molecule has 1 aromatic carbocycles. The number of benzene rings is 1. The zero-order valence-corrected chi connectivity index (χ0v) is 16.9. The van der Waals surface area contributed by atoms with Crippen LogP contribution in [0, 0.1) is 47.3 Å². The van der Waals surface area contributed by atoms with E-state index in [0.29, 0.717) is 18.4 Å². The maximum Gasteiger partial charge on any atom is 0.315 e.